The van der Waals surface area contributed by atoms with Crippen LogP contribution in [0.1, 0.15) is 26.3 Å². The van der Waals surface area contributed by atoms with Gasteiger partial charge in [0.1, 0.15) is 11.3 Å². The number of benzene rings is 2. The Morgan fingerprint density at radius 2 is 1.83 bits per heavy atom. The first-order valence-electron chi connectivity index (χ1n) is 6.63. The summed E-state index contributed by atoms with van der Waals surface area (Å²) in [4.78, 5) is 33.8. The van der Waals surface area contributed by atoms with Crippen LogP contribution in [0.4, 0.5) is 5.69 Å². The van der Waals surface area contributed by atoms with E-state index in [2.05, 4.69) is 0 Å². The molecule has 0 saturated carbocycles. The smallest absolute Gasteiger partial charge is 0.342 e. The lowest BCUT2D eigenvalue weighted by molar-refractivity contribution is -0.384. The van der Waals surface area contributed by atoms with Gasteiger partial charge in [0.05, 0.1) is 4.92 Å². The van der Waals surface area contributed by atoms with Gasteiger partial charge in [0, 0.05) is 17.7 Å². The van der Waals surface area contributed by atoms with E-state index < -0.39 is 29.0 Å². The molecule has 0 fully saturated rings. The first-order valence-corrected chi connectivity index (χ1v) is 6.63. The number of nitrogens with zero attached hydrogens (tertiary/aromatic N) is 1. The van der Waals surface area contributed by atoms with Crippen LogP contribution in [0.5, 0.6) is 5.75 Å². The van der Waals surface area contributed by atoms with Crippen molar-refractivity contribution in [1.82, 2.24) is 0 Å². The van der Waals surface area contributed by atoms with Gasteiger partial charge < -0.3 is 9.84 Å². The maximum Gasteiger partial charge on any atom is 0.342 e. The van der Waals surface area contributed by atoms with Crippen LogP contribution in [0.15, 0.2) is 42.5 Å². The number of ketones is 1. The second kappa shape index (κ2) is 6.69. The Balaban J connectivity index is 2.07. The predicted octanol–water partition coefficient (Wildman–Crippen LogP) is 2.65. The summed E-state index contributed by atoms with van der Waals surface area (Å²) in [5, 5.41) is 20.3. The molecule has 0 amide bonds. The van der Waals surface area contributed by atoms with E-state index in [0.29, 0.717) is 5.56 Å². The summed E-state index contributed by atoms with van der Waals surface area (Å²) in [6.45, 7) is 1.35. The molecule has 7 nitrogen and oxygen atoms in total. The Labute approximate surface area is 131 Å². The van der Waals surface area contributed by atoms with E-state index in [1.807, 2.05) is 6.92 Å². The highest BCUT2D eigenvalue weighted by Gasteiger charge is 2.19. The van der Waals surface area contributed by atoms with Gasteiger partial charge in [-0.15, -0.1) is 0 Å². The number of carbonyl (C=O) groups is 2. The second-order valence-electron chi connectivity index (χ2n) is 4.82. The lowest BCUT2D eigenvalue weighted by Crippen LogP contribution is -2.14. The molecule has 7 heteroatoms. The number of non-ortho nitro benzene ring substituents is 1. The number of nitro benzene ring substituents is 1. The average molecular weight is 315 g/mol. The van der Waals surface area contributed by atoms with Gasteiger partial charge in [-0.25, -0.2) is 4.79 Å². The standard InChI is InChI=1S/C16H13NO6/c1-10-2-4-11(5-3-10)15(19)9-23-16(20)13-8-12(17(21)22)6-7-14(13)18/h2-8,18H,9H2,1H3. The number of carbonyl (C=O) groups excluding carboxylic acids is 2. The Bertz CT molecular complexity index is 767. The van der Waals surface area contributed by atoms with E-state index in [1.54, 1.807) is 24.3 Å². The van der Waals surface area contributed by atoms with Crippen molar-refractivity contribution in [2.24, 2.45) is 0 Å². The number of phenolic OH excluding ortho intramolecular Hbond substituents is 1. The van der Waals surface area contributed by atoms with Crippen LogP contribution in [0, 0.1) is 17.0 Å². The van der Waals surface area contributed by atoms with Gasteiger partial charge in [0.2, 0.25) is 0 Å². The third-order valence-electron chi connectivity index (χ3n) is 3.12. The Morgan fingerprint density at radius 3 is 2.43 bits per heavy atom. The molecule has 0 atom stereocenters. The first-order chi connectivity index (χ1) is 10.9. The van der Waals surface area contributed by atoms with Crippen molar-refractivity contribution < 1.29 is 24.4 Å². The summed E-state index contributed by atoms with van der Waals surface area (Å²) in [5.41, 5.74) is 0.641. The zero-order valence-electron chi connectivity index (χ0n) is 12.2. The van der Waals surface area contributed by atoms with E-state index in [9.17, 15) is 24.8 Å². The van der Waals surface area contributed by atoms with Gasteiger partial charge in [-0.1, -0.05) is 29.8 Å². The molecule has 0 saturated heterocycles. The van der Waals surface area contributed by atoms with Crippen LogP contribution in [0.2, 0.25) is 0 Å². The lowest BCUT2D eigenvalue weighted by Gasteiger charge is -2.06. The summed E-state index contributed by atoms with van der Waals surface area (Å²) in [5.74, 6) is -1.88. The molecule has 0 radical (unpaired) electrons. The molecule has 0 aliphatic carbocycles. The van der Waals surface area contributed by atoms with Crippen LogP contribution in [-0.2, 0) is 4.74 Å². The van der Waals surface area contributed by atoms with Crippen molar-refractivity contribution >= 4 is 17.4 Å². The molecule has 2 rings (SSSR count). The van der Waals surface area contributed by atoms with Crippen molar-refractivity contribution in [3.63, 3.8) is 0 Å². The van der Waals surface area contributed by atoms with Gasteiger partial charge in [0.15, 0.2) is 12.4 Å². The number of nitro groups is 1. The van der Waals surface area contributed by atoms with Gasteiger partial charge in [-0.3, -0.25) is 14.9 Å². The first kappa shape index (κ1) is 16.2. The topological polar surface area (TPSA) is 107 Å². The molecule has 0 spiro atoms. The summed E-state index contributed by atoms with van der Waals surface area (Å²) in [6.07, 6.45) is 0. The molecule has 1 N–H and O–H groups in total. The molecule has 0 aliphatic heterocycles. The summed E-state index contributed by atoms with van der Waals surface area (Å²) < 4.78 is 4.82. The van der Waals surface area contributed by atoms with Crippen molar-refractivity contribution in [2.75, 3.05) is 6.61 Å². The maximum atomic E-state index is 11.9. The molecular formula is C16H13NO6. The number of aromatic hydroxyl groups is 1. The van der Waals surface area contributed by atoms with E-state index >= 15 is 0 Å². The summed E-state index contributed by atoms with van der Waals surface area (Å²) in [7, 11) is 0. The Morgan fingerprint density at radius 1 is 1.17 bits per heavy atom. The minimum atomic E-state index is -1.01. The summed E-state index contributed by atoms with van der Waals surface area (Å²) in [6, 6.07) is 9.70. The number of phenols is 1. The Hall–Kier alpha value is -3.22. The van der Waals surface area contributed by atoms with Crippen molar-refractivity contribution in [3.05, 3.63) is 69.3 Å². The zero-order valence-corrected chi connectivity index (χ0v) is 12.2. The zero-order chi connectivity index (χ0) is 17.0. The lowest BCUT2D eigenvalue weighted by atomic mass is 10.1. The highest BCUT2D eigenvalue weighted by Crippen LogP contribution is 2.23. The van der Waals surface area contributed by atoms with E-state index in [0.717, 1.165) is 23.8 Å². The van der Waals surface area contributed by atoms with Crippen LogP contribution in [0.3, 0.4) is 0 Å². The highest BCUT2D eigenvalue weighted by molar-refractivity contribution is 6.00. The number of esters is 1. The molecule has 0 aliphatic rings. The average Bonchev–Trinajstić information content (AvgIpc) is 2.53. The van der Waals surface area contributed by atoms with E-state index in [4.69, 9.17) is 4.74 Å². The van der Waals surface area contributed by atoms with Crippen LogP contribution >= 0.6 is 0 Å². The van der Waals surface area contributed by atoms with Gasteiger partial charge >= 0.3 is 5.97 Å². The fraction of sp³-hybridized carbons (Fsp3) is 0.125. The van der Waals surface area contributed by atoms with Gasteiger partial charge in [0.25, 0.3) is 5.69 Å². The third kappa shape index (κ3) is 3.91. The molecule has 2 aromatic carbocycles. The minimum Gasteiger partial charge on any atom is -0.507 e. The molecule has 0 unspecified atom stereocenters. The molecular weight excluding hydrogens is 302 g/mol. The molecule has 0 aromatic heterocycles. The fourth-order valence-electron chi connectivity index (χ4n) is 1.83. The van der Waals surface area contributed by atoms with Crippen molar-refractivity contribution in [1.29, 1.82) is 0 Å². The van der Waals surface area contributed by atoms with Crippen molar-refractivity contribution in [3.8, 4) is 5.75 Å². The number of Topliss-reactive ketones (excluding diaryl/α,β-unsaturated/α-hetero) is 1. The number of rotatable bonds is 5. The molecule has 2 aromatic rings. The maximum absolute atomic E-state index is 11.9. The number of ether oxygens (including phenoxy) is 1. The normalized spacial score (nSPS) is 10.1. The number of aryl methyl sites for hydroxylation is 1. The SMILES string of the molecule is Cc1ccc(C(=O)COC(=O)c2cc([N+](=O)[O-])ccc2O)cc1. The molecule has 118 valence electrons. The van der Waals surface area contributed by atoms with E-state index in [-0.39, 0.29) is 11.3 Å². The van der Waals surface area contributed by atoms with Crippen molar-refractivity contribution in [2.45, 2.75) is 6.92 Å². The van der Waals surface area contributed by atoms with Crippen LogP contribution in [0.25, 0.3) is 0 Å². The van der Waals surface area contributed by atoms with Crippen LogP contribution in [-0.4, -0.2) is 28.4 Å². The second-order valence-corrected chi connectivity index (χ2v) is 4.82. The predicted molar refractivity (Wildman–Crippen MR) is 80.6 cm³/mol. The quantitative estimate of drug-likeness (QED) is 0.393. The number of hydrogen-bond acceptors (Lipinski definition) is 6. The molecule has 0 heterocycles. The van der Waals surface area contributed by atoms with Crippen LogP contribution < -0.4 is 0 Å². The van der Waals surface area contributed by atoms with Gasteiger partial charge in [-0.2, -0.15) is 0 Å². The third-order valence-corrected chi connectivity index (χ3v) is 3.12. The molecule has 23 heavy (non-hydrogen) atoms. The summed E-state index contributed by atoms with van der Waals surface area (Å²) >= 11 is 0. The minimum absolute atomic E-state index is 0.361. The highest BCUT2D eigenvalue weighted by atomic mass is 16.6. The van der Waals surface area contributed by atoms with E-state index in [1.165, 1.54) is 0 Å². The molecule has 0 bridgehead atoms. The monoisotopic (exact) mass is 315 g/mol. The number of hydrogen-bond donors (Lipinski definition) is 1. The fourth-order valence-corrected chi connectivity index (χ4v) is 1.83. The largest absolute Gasteiger partial charge is 0.507 e. The van der Waals surface area contributed by atoms with Gasteiger partial charge in [-0.05, 0) is 13.0 Å². The Kier molecular flexibility index (Phi) is 4.70.